The van der Waals surface area contributed by atoms with Crippen LogP contribution in [0.15, 0.2) is 41.2 Å². The van der Waals surface area contributed by atoms with E-state index >= 15 is 0 Å². The molecule has 0 amide bonds. The fraction of sp³-hybridized carbons (Fsp3) is 0.458. The number of phenolic OH excluding ortho intramolecular Hbond substituents is 1. The van der Waals surface area contributed by atoms with Gasteiger partial charge in [0.15, 0.2) is 0 Å². The maximum atomic E-state index is 11.6. The zero-order valence-corrected chi connectivity index (χ0v) is 21.8. The number of hydrogen-bond donors (Lipinski definition) is 5. The zero-order valence-electron chi connectivity index (χ0n) is 19.3. The molecule has 0 fully saturated rings. The Morgan fingerprint density at radius 3 is 2.71 bits per heavy atom. The lowest BCUT2D eigenvalue weighted by atomic mass is 10.1. The van der Waals surface area contributed by atoms with Crippen LogP contribution in [0.2, 0.25) is 0 Å². The van der Waals surface area contributed by atoms with Crippen LogP contribution in [0.25, 0.3) is 10.2 Å². The van der Waals surface area contributed by atoms with Gasteiger partial charge in [-0.1, -0.05) is 48.6 Å². The summed E-state index contributed by atoms with van der Waals surface area (Å²) in [5, 5.41) is 26.9. The van der Waals surface area contributed by atoms with Gasteiger partial charge in [-0.3, -0.25) is 10.1 Å². The van der Waals surface area contributed by atoms with Gasteiger partial charge in [-0.25, -0.2) is 0 Å². The fourth-order valence-corrected chi connectivity index (χ4v) is 4.45. The van der Waals surface area contributed by atoms with Gasteiger partial charge >= 0.3 is 4.87 Å². The third kappa shape index (κ3) is 9.54. The molecule has 3 rings (SSSR count). The van der Waals surface area contributed by atoms with E-state index < -0.39 is 6.23 Å². The minimum absolute atomic E-state index is 0. The molecule has 0 radical (unpaired) electrons. The third-order valence-corrected chi connectivity index (χ3v) is 6.12. The number of ether oxygens (including phenoxy) is 1. The van der Waals surface area contributed by atoms with Crippen molar-refractivity contribution in [2.75, 3.05) is 26.3 Å². The normalized spacial score (nSPS) is 11.7. The average molecular weight is 533 g/mol. The molecule has 0 saturated carbocycles. The number of nitrogens with one attached hydrogen (secondary N) is 3. The molecule has 0 bridgehead atoms. The van der Waals surface area contributed by atoms with Crippen LogP contribution in [-0.2, 0) is 24.1 Å². The molecule has 3 aromatic rings. The monoisotopic (exact) mass is 531 g/mol. The molecular formula is C24H35Cl2N3O4S. The molecule has 34 heavy (non-hydrogen) atoms. The largest absolute Gasteiger partial charge is 0.506 e. The molecule has 5 N–H and O–H groups in total. The van der Waals surface area contributed by atoms with Crippen molar-refractivity contribution in [1.29, 1.82) is 0 Å². The number of aliphatic hydroxyl groups excluding tert-OH is 1. The first-order chi connectivity index (χ1) is 15.6. The standard InChI is InChI=1S/C24H33N3O4S.2ClH/c1-2-12-31-13-4-10-25-16-18-6-3-5-17(14-18)9-11-26-21(29)15-19-7-8-20(28)22-23(19)32-24(30)27-22;;/h3,5-8,14,21,25-26,28-29H,2,4,9-13,15-16H2,1H3,(H,27,30);2*1H. The van der Waals surface area contributed by atoms with Crippen molar-refractivity contribution in [2.45, 2.75) is 45.4 Å². The van der Waals surface area contributed by atoms with Gasteiger partial charge in [-0.05, 0) is 48.6 Å². The molecule has 0 aliphatic carbocycles. The second kappa shape index (κ2) is 16.1. The topological polar surface area (TPSA) is 107 Å². The maximum Gasteiger partial charge on any atom is 0.305 e. The van der Waals surface area contributed by atoms with Crippen molar-refractivity contribution in [3.05, 3.63) is 62.8 Å². The molecule has 1 aromatic heterocycles. The summed E-state index contributed by atoms with van der Waals surface area (Å²) >= 11 is 1.05. The number of halogens is 2. The molecule has 0 aliphatic heterocycles. The van der Waals surface area contributed by atoms with E-state index in [9.17, 15) is 15.0 Å². The van der Waals surface area contributed by atoms with E-state index in [0.717, 1.165) is 62.5 Å². The van der Waals surface area contributed by atoms with Gasteiger partial charge < -0.3 is 25.3 Å². The van der Waals surface area contributed by atoms with Crippen LogP contribution in [-0.4, -0.2) is 47.7 Å². The molecular weight excluding hydrogens is 497 g/mol. The zero-order chi connectivity index (χ0) is 22.8. The SMILES string of the molecule is CCCOCCCNCc1cccc(CCNC(O)Cc2ccc(O)c3[nH]c(=O)sc23)c1.Cl.Cl. The van der Waals surface area contributed by atoms with E-state index in [2.05, 4.69) is 46.8 Å². The first-order valence-corrected chi connectivity index (χ1v) is 12.0. The highest BCUT2D eigenvalue weighted by Gasteiger charge is 2.13. The Labute approximate surface area is 216 Å². The van der Waals surface area contributed by atoms with E-state index in [1.165, 1.54) is 11.1 Å². The van der Waals surface area contributed by atoms with Gasteiger partial charge in [0.05, 0.1) is 4.70 Å². The van der Waals surface area contributed by atoms with Crippen LogP contribution in [0.5, 0.6) is 5.75 Å². The summed E-state index contributed by atoms with van der Waals surface area (Å²) in [5.74, 6) is 0.0451. The van der Waals surface area contributed by atoms with Crippen molar-refractivity contribution in [3.8, 4) is 5.75 Å². The third-order valence-electron chi connectivity index (χ3n) is 5.16. The molecule has 10 heteroatoms. The number of aromatic nitrogens is 1. The van der Waals surface area contributed by atoms with Crippen molar-refractivity contribution in [1.82, 2.24) is 15.6 Å². The number of rotatable bonds is 14. The summed E-state index contributed by atoms with van der Waals surface area (Å²) < 4.78 is 6.18. The number of fused-ring (bicyclic) bond motifs is 1. The highest BCUT2D eigenvalue weighted by atomic mass is 35.5. The van der Waals surface area contributed by atoms with Gasteiger partial charge in [0.1, 0.15) is 17.5 Å². The number of phenols is 1. The van der Waals surface area contributed by atoms with E-state index in [4.69, 9.17) is 4.74 Å². The van der Waals surface area contributed by atoms with Gasteiger partial charge in [-0.2, -0.15) is 0 Å². The number of benzene rings is 2. The van der Waals surface area contributed by atoms with Crippen LogP contribution in [0.3, 0.4) is 0 Å². The Morgan fingerprint density at radius 1 is 1.12 bits per heavy atom. The van der Waals surface area contributed by atoms with Crippen LogP contribution in [0.4, 0.5) is 0 Å². The molecule has 0 aliphatic rings. The molecule has 2 aromatic carbocycles. The molecule has 0 spiro atoms. The number of hydrogen-bond acceptors (Lipinski definition) is 7. The number of H-pyrrole nitrogens is 1. The summed E-state index contributed by atoms with van der Waals surface area (Å²) in [7, 11) is 0. The molecule has 1 atom stereocenters. The summed E-state index contributed by atoms with van der Waals surface area (Å²) in [4.78, 5) is 14.1. The van der Waals surface area contributed by atoms with E-state index in [1.54, 1.807) is 12.1 Å². The van der Waals surface area contributed by atoms with Crippen molar-refractivity contribution in [2.24, 2.45) is 0 Å². The molecule has 7 nitrogen and oxygen atoms in total. The Kier molecular flexibility index (Phi) is 14.4. The highest BCUT2D eigenvalue weighted by Crippen LogP contribution is 2.28. The lowest BCUT2D eigenvalue weighted by Crippen LogP contribution is -2.32. The summed E-state index contributed by atoms with van der Waals surface area (Å²) in [6.07, 6.45) is 2.49. The Hall–Kier alpha value is -1.65. The minimum Gasteiger partial charge on any atom is -0.506 e. The Balaban J connectivity index is 0.00000289. The van der Waals surface area contributed by atoms with E-state index in [1.807, 2.05) is 0 Å². The fourth-order valence-electron chi connectivity index (χ4n) is 3.57. The quantitative estimate of drug-likeness (QED) is 0.160. The minimum atomic E-state index is -0.736. The summed E-state index contributed by atoms with van der Waals surface area (Å²) in [6, 6.07) is 11.8. The van der Waals surface area contributed by atoms with Crippen molar-refractivity contribution in [3.63, 3.8) is 0 Å². The highest BCUT2D eigenvalue weighted by molar-refractivity contribution is 7.16. The number of aromatic amines is 1. The second-order valence-electron chi connectivity index (χ2n) is 7.85. The Morgan fingerprint density at radius 2 is 1.91 bits per heavy atom. The predicted molar refractivity (Wildman–Crippen MR) is 144 cm³/mol. The van der Waals surface area contributed by atoms with Crippen LogP contribution < -0.4 is 15.5 Å². The predicted octanol–water partition coefficient (Wildman–Crippen LogP) is 3.74. The number of aliphatic hydroxyl groups is 1. The van der Waals surface area contributed by atoms with Gasteiger partial charge in [0.25, 0.3) is 0 Å². The second-order valence-corrected chi connectivity index (χ2v) is 8.83. The smallest absolute Gasteiger partial charge is 0.305 e. The molecule has 0 saturated heterocycles. The average Bonchev–Trinajstić information content (AvgIpc) is 3.18. The molecule has 1 unspecified atom stereocenters. The van der Waals surface area contributed by atoms with E-state index in [0.29, 0.717) is 23.2 Å². The lowest BCUT2D eigenvalue weighted by molar-refractivity contribution is 0.132. The number of thiazole rings is 1. The molecule has 1 heterocycles. The maximum absolute atomic E-state index is 11.6. The summed E-state index contributed by atoms with van der Waals surface area (Å²) in [6.45, 7) is 6.14. The number of aromatic hydroxyl groups is 1. The first kappa shape index (κ1) is 30.4. The van der Waals surface area contributed by atoms with Crippen LogP contribution >= 0.6 is 36.2 Å². The molecule has 190 valence electrons. The van der Waals surface area contributed by atoms with Crippen molar-refractivity contribution < 1.29 is 14.9 Å². The Bertz CT molecular complexity index is 1040. The van der Waals surface area contributed by atoms with Gasteiger partial charge in [0.2, 0.25) is 0 Å². The first-order valence-electron chi connectivity index (χ1n) is 11.2. The lowest BCUT2D eigenvalue weighted by Gasteiger charge is -2.14. The van der Waals surface area contributed by atoms with Gasteiger partial charge in [-0.15, -0.1) is 24.8 Å². The van der Waals surface area contributed by atoms with Crippen molar-refractivity contribution >= 4 is 46.4 Å². The van der Waals surface area contributed by atoms with E-state index in [-0.39, 0.29) is 35.4 Å². The summed E-state index contributed by atoms with van der Waals surface area (Å²) in [5.41, 5.74) is 3.72. The van der Waals surface area contributed by atoms with Crippen LogP contribution in [0.1, 0.15) is 36.5 Å². The van der Waals surface area contributed by atoms with Crippen LogP contribution in [0, 0.1) is 0 Å². The van der Waals surface area contributed by atoms with Gasteiger partial charge in [0, 0.05) is 32.7 Å².